The van der Waals surface area contributed by atoms with Gasteiger partial charge in [0, 0.05) is 18.7 Å². The molecule has 0 spiro atoms. The molecule has 1 atom stereocenters. The van der Waals surface area contributed by atoms with Crippen LogP contribution in [0.5, 0.6) is 0 Å². The molecule has 0 aromatic heterocycles. The minimum Gasteiger partial charge on any atom is -0.340 e. The van der Waals surface area contributed by atoms with E-state index < -0.39 is 11.0 Å². The summed E-state index contributed by atoms with van der Waals surface area (Å²) in [5, 5.41) is 10.9. The van der Waals surface area contributed by atoms with Crippen LogP contribution in [-0.4, -0.2) is 28.8 Å². The Morgan fingerprint density at radius 1 is 1.42 bits per heavy atom. The van der Waals surface area contributed by atoms with Gasteiger partial charge in [0.2, 0.25) is 5.91 Å². The summed E-state index contributed by atoms with van der Waals surface area (Å²) >= 11 is 0. The van der Waals surface area contributed by atoms with E-state index in [2.05, 4.69) is 0 Å². The van der Waals surface area contributed by atoms with Gasteiger partial charge in [0.1, 0.15) is 0 Å². The third kappa shape index (κ3) is 3.75. The lowest BCUT2D eigenvalue weighted by Gasteiger charge is -2.23. The molecule has 0 aliphatic rings. The Balaban J connectivity index is 2.85. The number of nitrogens with zero attached hydrogens (tertiary/aromatic N) is 2. The van der Waals surface area contributed by atoms with Crippen molar-refractivity contribution in [2.24, 2.45) is 11.7 Å². The average Bonchev–Trinajstić information content (AvgIpc) is 2.37. The van der Waals surface area contributed by atoms with Gasteiger partial charge in [-0.2, -0.15) is 0 Å². The first-order valence-electron chi connectivity index (χ1n) is 6.07. The summed E-state index contributed by atoms with van der Waals surface area (Å²) in [6, 6.07) is 5.79. The minimum atomic E-state index is -0.590. The molecule has 19 heavy (non-hydrogen) atoms. The molecule has 104 valence electrons. The molecular formula is C13H19N3O3. The van der Waals surface area contributed by atoms with E-state index in [-0.39, 0.29) is 24.1 Å². The van der Waals surface area contributed by atoms with Crippen LogP contribution in [-0.2, 0) is 11.3 Å². The highest BCUT2D eigenvalue weighted by atomic mass is 16.6. The highest BCUT2D eigenvalue weighted by molar-refractivity contribution is 5.81. The van der Waals surface area contributed by atoms with Crippen LogP contribution in [0.4, 0.5) is 5.69 Å². The lowest BCUT2D eigenvalue weighted by Crippen LogP contribution is -2.44. The van der Waals surface area contributed by atoms with Gasteiger partial charge in [-0.25, -0.2) is 0 Å². The van der Waals surface area contributed by atoms with Gasteiger partial charge in [-0.15, -0.1) is 0 Å². The van der Waals surface area contributed by atoms with Crippen molar-refractivity contribution in [1.29, 1.82) is 0 Å². The van der Waals surface area contributed by atoms with Crippen LogP contribution >= 0.6 is 0 Å². The second-order valence-electron chi connectivity index (χ2n) is 4.85. The van der Waals surface area contributed by atoms with E-state index in [9.17, 15) is 14.9 Å². The molecule has 0 aliphatic carbocycles. The van der Waals surface area contributed by atoms with Crippen molar-refractivity contribution in [2.75, 3.05) is 7.05 Å². The molecule has 0 fully saturated rings. The Morgan fingerprint density at radius 2 is 2.00 bits per heavy atom. The first kappa shape index (κ1) is 15.1. The number of nitrogens with two attached hydrogens (primary N) is 1. The molecule has 1 amide bonds. The standard InChI is InChI=1S/C13H19N3O3/c1-9(2)12(14)13(17)15(3)8-10-6-4-5-7-11(10)16(18)19/h4-7,9,12H,8,14H2,1-3H3/t12-/m0/s1. The zero-order chi connectivity index (χ0) is 14.6. The fraction of sp³-hybridized carbons (Fsp3) is 0.462. The van der Waals surface area contributed by atoms with Crippen molar-refractivity contribution in [1.82, 2.24) is 4.90 Å². The van der Waals surface area contributed by atoms with Gasteiger partial charge >= 0.3 is 0 Å². The van der Waals surface area contributed by atoms with E-state index in [1.807, 2.05) is 13.8 Å². The number of carbonyl (C=O) groups is 1. The zero-order valence-corrected chi connectivity index (χ0v) is 11.4. The molecule has 0 saturated heterocycles. The first-order valence-corrected chi connectivity index (χ1v) is 6.07. The van der Waals surface area contributed by atoms with Crippen molar-refractivity contribution in [2.45, 2.75) is 26.4 Å². The second-order valence-corrected chi connectivity index (χ2v) is 4.85. The van der Waals surface area contributed by atoms with Crippen molar-refractivity contribution in [3.8, 4) is 0 Å². The fourth-order valence-electron chi connectivity index (χ4n) is 1.70. The number of para-hydroxylation sites is 1. The van der Waals surface area contributed by atoms with Gasteiger partial charge in [0.15, 0.2) is 0 Å². The van der Waals surface area contributed by atoms with Crippen molar-refractivity contribution in [3.63, 3.8) is 0 Å². The topological polar surface area (TPSA) is 89.5 Å². The summed E-state index contributed by atoms with van der Waals surface area (Å²) < 4.78 is 0. The molecule has 0 heterocycles. The Kier molecular flexibility index (Phi) is 5.00. The summed E-state index contributed by atoms with van der Waals surface area (Å²) in [5.74, 6) is -0.186. The summed E-state index contributed by atoms with van der Waals surface area (Å²) in [6.07, 6.45) is 0. The summed E-state index contributed by atoms with van der Waals surface area (Å²) in [4.78, 5) is 23.9. The molecule has 6 heteroatoms. The number of nitro benzene ring substituents is 1. The quantitative estimate of drug-likeness (QED) is 0.646. The van der Waals surface area contributed by atoms with Gasteiger partial charge in [-0.3, -0.25) is 14.9 Å². The van der Waals surface area contributed by atoms with Gasteiger partial charge in [0.05, 0.1) is 17.5 Å². The van der Waals surface area contributed by atoms with E-state index in [0.29, 0.717) is 5.56 Å². The molecule has 2 N–H and O–H groups in total. The Bertz CT molecular complexity index is 474. The van der Waals surface area contributed by atoms with Crippen LogP contribution < -0.4 is 5.73 Å². The SMILES string of the molecule is CC(C)[C@H](N)C(=O)N(C)Cc1ccccc1[N+](=O)[O-]. The number of benzene rings is 1. The monoisotopic (exact) mass is 265 g/mol. The van der Waals surface area contributed by atoms with Crippen molar-refractivity contribution < 1.29 is 9.72 Å². The highest BCUT2D eigenvalue weighted by Crippen LogP contribution is 2.19. The van der Waals surface area contributed by atoms with Gasteiger partial charge in [-0.1, -0.05) is 32.0 Å². The largest absolute Gasteiger partial charge is 0.340 e. The van der Waals surface area contributed by atoms with Crippen LogP contribution in [0.3, 0.4) is 0 Å². The first-order chi connectivity index (χ1) is 8.84. The van der Waals surface area contributed by atoms with Crippen LogP contribution in [0, 0.1) is 16.0 Å². The number of likely N-dealkylation sites (N-methyl/N-ethyl adjacent to an activating group) is 1. The van der Waals surface area contributed by atoms with E-state index in [0.717, 1.165) is 0 Å². The van der Waals surface area contributed by atoms with Gasteiger partial charge in [0.25, 0.3) is 5.69 Å². The van der Waals surface area contributed by atoms with E-state index in [4.69, 9.17) is 5.73 Å². The molecule has 0 aliphatic heterocycles. The molecular weight excluding hydrogens is 246 g/mol. The Hall–Kier alpha value is -1.95. The predicted molar refractivity (Wildman–Crippen MR) is 72.4 cm³/mol. The number of carbonyl (C=O) groups excluding carboxylic acids is 1. The van der Waals surface area contributed by atoms with Crippen molar-refractivity contribution in [3.05, 3.63) is 39.9 Å². The van der Waals surface area contributed by atoms with Crippen LogP contribution in [0.15, 0.2) is 24.3 Å². The third-order valence-corrected chi connectivity index (χ3v) is 2.98. The summed E-state index contributed by atoms with van der Waals surface area (Å²) in [6.45, 7) is 3.90. The number of rotatable bonds is 5. The highest BCUT2D eigenvalue weighted by Gasteiger charge is 2.23. The molecule has 1 aromatic rings. The summed E-state index contributed by atoms with van der Waals surface area (Å²) in [7, 11) is 1.60. The molecule has 0 saturated carbocycles. The molecule has 0 radical (unpaired) electrons. The minimum absolute atomic E-state index is 0.0141. The fourth-order valence-corrected chi connectivity index (χ4v) is 1.70. The maximum Gasteiger partial charge on any atom is 0.274 e. The van der Waals surface area contributed by atoms with Gasteiger partial charge in [-0.05, 0) is 5.92 Å². The lowest BCUT2D eigenvalue weighted by atomic mass is 10.0. The Labute approximate surface area is 112 Å². The molecule has 0 unspecified atom stereocenters. The molecule has 0 bridgehead atoms. The van der Waals surface area contributed by atoms with Crippen LogP contribution in [0.25, 0.3) is 0 Å². The number of hydrogen-bond donors (Lipinski definition) is 1. The van der Waals surface area contributed by atoms with Crippen LogP contribution in [0.2, 0.25) is 0 Å². The average molecular weight is 265 g/mol. The lowest BCUT2D eigenvalue weighted by molar-refractivity contribution is -0.385. The maximum atomic E-state index is 12.0. The third-order valence-electron chi connectivity index (χ3n) is 2.98. The predicted octanol–water partition coefficient (Wildman–Crippen LogP) is 1.54. The van der Waals surface area contributed by atoms with E-state index in [1.165, 1.54) is 11.0 Å². The molecule has 1 aromatic carbocycles. The molecule has 1 rings (SSSR count). The summed E-state index contributed by atoms with van der Waals surface area (Å²) in [5.41, 5.74) is 6.30. The number of nitro groups is 1. The van der Waals surface area contributed by atoms with E-state index in [1.54, 1.807) is 25.2 Å². The van der Waals surface area contributed by atoms with Gasteiger partial charge < -0.3 is 10.6 Å². The van der Waals surface area contributed by atoms with Crippen LogP contribution in [0.1, 0.15) is 19.4 Å². The smallest absolute Gasteiger partial charge is 0.274 e. The van der Waals surface area contributed by atoms with E-state index >= 15 is 0 Å². The maximum absolute atomic E-state index is 12.0. The second kappa shape index (κ2) is 6.29. The van der Waals surface area contributed by atoms with Crippen molar-refractivity contribution >= 4 is 11.6 Å². The number of hydrogen-bond acceptors (Lipinski definition) is 4. The Morgan fingerprint density at radius 3 is 2.53 bits per heavy atom. The number of amides is 1. The molecule has 6 nitrogen and oxygen atoms in total. The zero-order valence-electron chi connectivity index (χ0n) is 11.4. The normalized spacial score (nSPS) is 12.3.